The van der Waals surface area contributed by atoms with Crippen molar-refractivity contribution in [1.29, 1.82) is 0 Å². The minimum Gasteiger partial charge on any atom is -0.256 e. The van der Waals surface area contributed by atoms with Gasteiger partial charge >= 0.3 is 0 Å². The molecule has 10 rings (SSSR count). The number of rotatable bonds is 4. The highest BCUT2D eigenvalue weighted by atomic mass is 15.0. The number of hydrogen-bond donors (Lipinski definition) is 0. The van der Waals surface area contributed by atoms with E-state index in [1.54, 1.807) is 0 Å². The summed E-state index contributed by atoms with van der Waals surface area (Å²) in [5.74, 6) is 3.44. The number of aromatic nitrogens is 4. The van der Waals surface area contributed by atoms with Gasteiger partial charge in [-0.3, -0.25) is 4.98 Å². The number of allylic oxidation sites excluding steroid dienone is 5. The molecule has 1 fully saturated rings. The number of fused-ring (bicyclic) bond motifs is 7. The van der Waals surface area contributed by atoms with Crippen LogP contribution in [0.2, 0.25) is 0 Å². The third kappa shape index (κ3) is 5.12. The Morgan fingerprint density at radius 1 is 0.608 bits per heavy atom. The molecule has 0 saturated heterocycles. The molecule has 0 N–H and O–H groups in total. The van der Waals surface area contributed by atoms with Crippen molar-refractivity contribution in [2.45, 2.75) is 50.4 Å². The fourth-order valence-corrected chi connectivity index (χ4v) is 8.96. The first-order valence-corrected chi connectivity index (χ1v) is 18.3. The van der Waals surface area contributed by atoms with Gasteiger partial charge in [-0.1, -0.05) is 128 Å². The van der Waals surface area contributed by atoms with Crippen molar-refractivity contribution >= 4 is 38.0 Å². The van der Waals surface area contributed by atoms with Crippen molar-refractivity contribution in [3.8, 4) is 11.4 Å². The molecule has 0 aliphatic heterocycles. The maximum absolute atomic E-state index is 5.41. The van der Waals surface area contributed by atoms with Gasteiger partial charge in [-0.2, -0.15) is 0 Å². The lowest BCUT2D eigenvalue weighted by Gasteiger charge is -2.38. The summed E-state index contributed by atoms with van der Waals surface area (Å²) < 4.78 is 0. The summed E-state index contributed by atoms with van der Waals surface area (Å²) in [6.07, 6.45) is 17.7. The molecule has 0 amide bonds. The van der Waals surface area contributed by atoms with Gasteiger partial charge in [0.15, 0.2) is 11.6 Å². The zero-order valence-corrected chi connectivity index (χ0v) is 28.7. The zero-order valence-electron chi connectivity index (χ0n) is 28.7. The monoisotopic (exact) mass is 658 g/mol. The van der Waals surface area contributed by atoms with Crippen molar-refractivity contribution in [2.75, 3.05) is 0 Å². The van der Waals surface area contributed by atoms with Crippen LogP contribution in [0.1, 0.15) is 78.7 Å². The van der Waals surface area contributed by atoms with Crippen LogP contribution in [0.3, 0.4) is 0 Å². The van der Waals surface area contributed by atoms with E-state index in [0.29, 0.717) is 5.92 Å². The van der Waals surface area contributed by atoms with Crippen molar-refractivity contribution in [2.24, 2.45) is 5.41 Å². The molecule has 246 valence electrons. The highest BCUT2D eigenvalue weighted by Gasteiger charge is 2.38. The lowest BCUT2D eigenvalue weighted by molar-refractivity contribution is 0.384. The number of benzene rings is 5. The van der Waals surface area contributed by atoms with E-state index in [2.05, 4.69) is 153 Å². The highest BCUT2D eigenvalue weighted by Crippen LogP contribution is 2.50. The Hall–Kier alpha value is -5.74. The molecule has 1 unspecified atom stereocenters. The standard InChI is InChI=1S/C47H38N4/c1-47-25-11-10-19-42(47)39-18-8-7-17-38(39)41(28-47)46-50-44(31-23-21-30(22-24-31)34-26-33-13-3-9-20-43(33)48-29-34)49-45(51-46)40-27-32-12-2-4-14-35(32)36-15-5-6-16-37(36)40/h2-20,25-31,42H,21-24H2,1H3/t30?,31?,42?,47-/m1/s1. The fourth-order valence-electron chi connectivity index (χ4n) is 8.96. The van der Waals surface area contributed by atoms with E-state index in [1.807, 2.05) is 0 Å². The molecule has 0 spiro atoms. The van der Waals surface area contributed by atoms with Crippen LogP contribution in [-0.4, -0.2) is 19.9 Å². The summed E-state index contributed by atoms with van der Waals surface area (Å²) in [7, 11) is 0. The average Bonchev–Trinajstić information content (AvgIpc) is 3.19. The predicted octanol–water partition coefficient (Wildman–Crippen LogP) is 11.5. The molecule has 7 aromatic rings. The highest BCUT2D eigenvalue weighted by molar-refractivity contribution is 6.13. The van der Waals surface area contributed by atoms with Gasteiger partial charge in [0.05, 0.1) is 5.52 Å². The van der Waals surface area contributed by atoms with Gasteiger partial charge < -0.3 is 0 Å². The third-order valence-corrected chi connectivity index (χ3v) is 11.7. The number of pyridine rings is 1. The van der Waals surface area contributed by atoms with Crippen LogP contribution >= 0.6 is 0 Å². The number of nitrogens with zero attached hydrogens (tertiary/aromatic N) is 4. The molecule has 3 aliphatic rings. The van der Waals surface area contributed by atoms with Crippen LogP contribution in [0.25, 0.3) is 49.4 Å². The Kier molecular flexibility index (Phi) is 7.06. The van der Waals surface area contributed by atoms with Crippen LogP contribution < -0.4 is 0 Å². The Labute approximate surface area is 298 Å². The molecule has 51 heavy (non-hydrogen) atoms. The van der Waals surface area contributed by atoms with Crippen molar-refractivity contribution in [3.05, 3.63) is 174 Å². The van der Waals surface area contributed by atoms with E-state index in [4.69, 9.17) is 19.9 Å². The lowest BCUT2D eigenvalue weighted by Crippen LogP contribution is -2.27. The van der Waals surface area contributed by atoms with E-state index in [-0.39, 0.29) is 17.3 Å². The third-order valence-electron chi connectivity index (χ3n) is 11.7. The van der Waals surface area contributed by atoms with Gasteiger partial charge in [0.1, 0.15) is 5.82 Å². The van der Waals surface area contributed by atoms with E-state index in [1.165, 1.54) is 38.2 Å². The van der Waals surface area contributed by atoms with Crippen LogP contribution in [0.15, 0.2) is 146 Å². The lowest BCUT2D eigenvalue weighted by atomic mass is 9.65. The number of para-hydroxylation sites is 1. The van der Waals surface area contributed by atoms with E-state index < -0.39 is 0 Å². The van der Waals surface area contributed by atoms with Gasteiger partial charge in [-0.25, -0.2) is 15.0 Å². The Morgan fingerprint density at radius 2 is 1.31 bits per heavy atom. The van der Waals surface area contributed by atoms with Gasteiger partial charge in [-0.15, -0.1) is 0 Å². The molecule has 2 atom stereocenters. The topological polar surface area (TPSA) is 51.6 Å². The number of hydrogen-bond acceptors (Lipinski definition) is 4. The van der Waals surface area contributed by atoms with Crippen LogP contribution in [0, 0.1) is 5.41 Å². The summed E-state index contributed by atoms with van der Waals surface area (Å²) in [6, 6.07) is 39.2. The summed E-state index contributed by atoms with van der Waals surface area (Å²) >= 11 is 0. The van der Waals surface area contributed by atoms with Crippen LogP contribution in [-0.2, 0) is 0 Å². The Balaban J connectivity index is 1.11. The van der Waals surface area contributed by atoms with Crippen molar-refractivity contribution < 1.29 is 0 Å². The summed E-state index contributed by atoms with van der Waals surface area (Å²) in [6.45, 7) is 2.33. The Bertz CT molecular complexity index is 2590. The summed E-state index contributed by atoms with van der Waals surface area (Å²) in [4.78, 5) is 21.0. The second-order valence-corrected chi connectivity index (χ2v) is 14.8. The van der Waals surface area contributed by atoms with Crippen LogP contribution in [0.4, 0.5) is 0 Å². The predicted molar refractivity (Wildman–Crippen MR) is 209 cm³/mol. The molecule has 4 heteroatoms. The molecule has 3 aliphatic carbocycles. The molecule has 0 radical (unpaired) electrons. The fraction of sp³-hybridized carbons (Fsp3) is 0.191. The average molecular weight is 659 g/mol. The first kappa shape index (κ1) is 30.1. The molecule has 0 bridgehead atoms. The minimum absolute atomic E-state index is 0.174. The van der Waals surface area contributed by atoms with E-state index in [9.17, 15) is 0 Å². The second kappa shape index (κ2) is 11.9. The largest absolute Gasteiger partial charge is 0.256 e. The Morgan fingerprint density at radius 3 is 2.20 bits per heavy atom. The van der Waals surface area contributed by atoms with Gasteiger partial charge in [-0.05, 0) is 88.0 Å². The molecule has 5 aromatic carbocycles. The van der Waals surface area contributed by atoms with Gasteiger partial charge in [0, 0.05) is 40.0 Å². The summed E-state index contributed by atoms with van der Waals surface area (Å²) in [5.41, 5.74) is 6.90. The maximum atomic E-state index is 5.41. The smallest absolute Gasteiger partial charge is 0.164 e. The SMILES string of the molecule is C[C@]12C=CC=CC1c1ccccc1C(c1nc(-c3cc4ccccc4c4ccccc34)nc(C3CCC(c4cnc5ccccc5c4)CC3)n1)=C2. The van der Waals surface area contributed by atoms with Gasteiger partial charge in [0.2, 0.25) is 0 Å². The summed E-state index contributed by atoms with van der Waals surface area (Å²) in [5, 5.41) is 6.03. The normalized spacial score (nSPS) is 22.5. The van der Waals surface area contributed by atoms with Crippen molar-refractivity contribution in [1.82, 2.24) is 19.9 Å². The molecule has 2 aromatic heterocycles. The maximum Gasteiger partial charge on any atom is 0.164 e. The van der Waals surface area contributed by atoms with E-state index in [0.717, 1.165) is 65.2 Å². The molecule has 2 heterocycles. The molecular formula is C47H38N4. The van der Waals surface area contributed by atoms with Gasteiger partial charge in [0.25, 0.3) is 0 Å². The van der Waals surface area contributed by atoms with Crippen LogP contribution in [0.5, 0.6) is 0 Å². The molecule has 1 saturated carbocycles. The second-order valence-electron chi connectivity index (χ2n) is 14.8. The molecule has 4 nitrogen and oxygen atoms in total. The first-order valence-electron chi connectivity index (χ1n) is 18.3. The quantitative estimate of drug-likeness (QED) is 0.177. The first-order chi connectivity index (χ1) is 25.1. The zero-order chi connectivity index (χ0) is 33.9. The van der Waals surface area contributed by atoms with Crippen molar-refractivity contribution in [3.63, 3.8) is 0 Å². The minimum atomic E-state index is -0.174. The molecular weight excluding hydrogens is 621 g/mol. The van der Waals surface area contributed by atoms with E-state index >= 15 is 0 Å².